The van der Waals surface area contributed by atoms with Crippen LogP contribution < -0.4 is 5.73 Å². The van der Waals surface area contributed by atoms with Gasteiger partial charge < -0.3 is 5.73 Å². The lowest BCUT2D eigenvalue weighted by Crippen LogP contribution is -2.31. The van der Waals surface area contributed by atoms with E-state index in [2.05, 4.69) is 37.0 Å². The van der Waals surface area contributed by atoms with E-state index < -0.39 is 0 Å². The van der Waals surface area contributed by atoms with Crippen molar-refractivity contribution < 1.29 is 0 Å². The van der Waals surface area contributed by atoms with Crippen LogP contribution in [0.25, 0.3) is 0 Å². The molecular formula is C12H24N4. The molecule has 0 aromatic carbocycles. The largest absolute Gasteiger partial charge is 0.330 e. The van der Waals surface area contributed by atoms with Gasteiger partial charge >= 0.3 is 0 Å². The Kier molecular flexibility index (Phi) is 5.49. The van der Waals surface area contributed by atoms with E-state index in [-0.39, 0.29) is 0 Å². The summed E-state index contributed by atoms with van der Waals surface area (Å²) in [5, 5.41) is 4.29. The molecule has 4 nitrogen and oxygen atoms in total. The monoisotopic (exact) mass is 224 g/mol. The highest BCUT2D eigenvalue weighted by Crippen LogP contribution is 2.06. The van der Waals surface area contributed by atoms with Crippen LogP contribution >= 0.6 is 0 Å². The number of rotatable bonds is 7. The molecule has 92 valence electrons. The van der Waals surface area contributed by atoms with Crippen LogP contribution in [0.15, 0.2) is 12.4 Å². The van der Waals surface area contributed by atoms with Gasteiger partial charge in [0.2, 0.25) is 0 Å². The summed E-state index contributed by atoms with van der Waals surface area (Å²) in [6.07, 6.45) is 4.08. The molecule has 0 saturated heterocycles. The molecule has 0 fully saturated rings. The first-order valence-electron chi connectivity index (χ1n) is 6.13. The molecule has 0 aliphatic rings. The number of aryl methyl sites for hydroxylation is 1. The Morgan fingerprint density at radius 1 is 1.50 bits per heavy atom. The van der Waals surface area contributed by atoms with E-state index >= 15 is 0 Å². The molecule has 1 aromatic heterocycles. The van der Waals surface area contributed by atoms with E-state index in [1.165, 1.54) is 5.56 Å². The fourth-order valence-corrected chi connectivity index (χ4v) is 1.74. The summed E-state index contributed by atoms with van der Waals surface area (Å²) in [6.45, 7) is 11.3. The van der Waals surface area contributed by atoms with Gasteiger partial charge in [-0.2, -0.15) is 5.10 Å². The van der Waals surface area contributed by atoms with Crippen molar-refractivity contribution >= 4 is 0 Å². The standard InChI is InChI=1S/C12H24N4/c1-4-15(8-11(3)6-13)9-12-7-14-16(5-2)10-12/h7,10-11H,4-6,8-9,13H2,1-3H3. The Morgan fingerprint density at radius 2 is 2.25 bits per heavy atom. The van der Waals surface area contributed by atoms with E-state index in [9.17, 15) is 0 Å². The smallest absolute Gasteiger partial charge is 0.0534 e. The third-order valence-corrected chi connectivity index (χ3v) is 2.84. The SMILES string of the molecule is CCN(Cc1cnn(CC)c1)CC(C)CN. The lowest BCUT2D eigenvalue weighted by Gasteiger charge is -2.22. The molecule has 1 atom stereocenters. The van der Waals surface area contributed by atoms with Crippen LogP contribution in [-0.4, -0.2) is 34.3 Å². The summed E-state index contributed by atoms with van der Waals surface area (Å²) in [7, 11) is 0. The summed E-state index contributed by atoms with van der Waals surface area (Å²) >= 11 is 0. The van der Waals surface area contributed by atoms with E-state index in [0.29, 0.717) is 5.92 Å². The Morgan fingerprint density at radius 3 is 2.75 bits per heavy atom. The molecule has 4 heteroatoms. The molecule has 0 radical (unpaired) electrons. The topological polar surface area (TPSA) is 47.1 Å². The van der Waals surface area contributed by atoms with Gasteiger partial charge in [-0.25, -0.2) is 0 Å². The first kappa shape index (κ1) is 13.2. The van der Waals surface area contributed by atoms with Gasteiger partial charge in [-0.05, 0) is 25.9 Å². The van der Waals surface area contributed by atoms with E-state index in [4.69, 9.17) is 5.73 Å². The van der Waals surface area contributed by atoms with Crippen molar-refractivity contribution in [3.8, 4) is 0 Å². The van der Waals surface area contributed by atoms with Crippen LogP contribution in [0.4, 0.5) is 0 Å². The van der Waals surface area contributed by atoms with Crippen molar-refractivity contribution in [2.24, 2.45) is 11.7 Å². The lowest BCUT2D eigenvalue weighted by molar-refractivity contribution is 0.243. The molecule has 0 bridgehead atoms. The first-order chi connectivity index (χ1) is 7.69. The normalized spacial score (nSPS) is 13.3. The number of hydrogen-bond acceptors (Lipinski definition) is 3. The zero-order valence-electron chi connectivity index (χ0n) is 10.7. The quantitative estimate of drug-likeness (QED) is 0.760. The summed E-state index contributed by atoms with van der Waals surface area (Å²) < 4.78 is 1.97. The average Bonchev–Trinajstić information content (AvgIpc) is 2.75. The van der Waals surface area contributed by atoms with Crippen molar-refractivity contribution in [2.45, 2.75) is 33.9 Å². The predicted molar refractivity (Wildman–Crippen MR) is 67.1 cm³/mol. The minimum atomic E-state index is 0.557. The van der Waals surface area contributed by atoms with Gasteiger partial charge in [0.1, 0.15) is 0 Å². The van der Waals surface area contributed by atoms with E-state index in [1.54, 1.807) is 0 Å². The van der Waals surface area contributed by atoms with E-state index in [0.717, 1.165) is 32.7 Å². The van der Waals surface area contributed by atoms with Crippen LogP contribution in [-0.2, 0) is 13.1 Å². The fourth-order valence-electron chi connectivity index (χ4n) is 1.74. The molecule has 0 amide bonds. The molecular weight excluding hydrogens is 200 g/mol. The average molecular weight is 224 g/mol. The zero-order chi connectivity index (χ0) is 12.0. The second kappa shape index (κ2) is 6.66. The first-order valence-corrected chi connectivity index (χ1v) is 6.13. The predicted octanol–water partition coefficient (Wildman–Crippen LogP) is 1.32. The highest BCUT2D eigenvalue weighted by atomic mass is 15.3. The maximum atomic E-state index is 5.65. The van der Waals surface area contributed by atoms with Crippen molar-refractivity contribution in [3.63, 3.8) is 0 Å². The van der Waals surface area contributed by atoms with Crippen molar-refractivity contribution in [2.75, 3.05) is 19.6 Å². The summed E-state index contributed by atoms with van der Waals surface area (Å²) in [4.78, 5) is 2.41. The molecule has 1 aromatic rings. The minimum Gasteiger partial charge on any atom is -0.330 e. The van der Waals surface area contributed by atoms with Crippen LogP contribution in [0.1, 0.15) is 26.3 Å². The lowest BCUT2D eigenvalue weighted by atomic mass is 10.1. The van der Waals surface area contributed by atoms with Gasteiger partial charge in [0.25, 0.3) is 0 Å². The van der Waals surface area contributed by atoms with Gasteiger partial charge in [-0.1, -0.05) is 13.8 Å². The molecule has 0 aliphatic carbocycles. The fraction of sp³-hybridized carbons (Fsp3) is 0.750. The molecule has 0 saturated carbocycles. The highest BCUT2D eigenvalue weighted by molar-refractivity contribution is 5.03. The van der Waals surface area contributed by atoms with Crippen molar-refractivity contribution in [3.05, 3.63) is 18.0 Å². The number of hydrogen-bond donors (Lipinski definition) is 1. The number of nitrogens with two attached hydrogens (primary N) is 1. The zero-order valence-corrected chi connectivity index (χ0v) is 10.7. The summed E-state index contributed by atoms with van der Waals surface area (Å²) in [5.74, 6) is 0.557. The summed E-state index contributed by atoms with van der Waals surface area (Å²) in [6, 6.07) is 0. The van der Waals surface area contributed by atoms with Crippen LogP contribution in [0.3, 0.4) is 0 Å². The molecule has 1 unspecified atom stereocenters. The Hall–Kier alpha value is -0.870. The molecule has 1 rings (SSSR count). The molecule has 0 spiro atoms. The van der Waals surface area contributed by atoms with E-state index in [1.807, 2.05) is 10.9 Å². The van der Waals surface area contributed by atoms with Crippen LogP contribution in [0.2, 0.25) is 0 Å². The number of aromatic nitrogens is 2. The minimum absolute atomic E-state index is 0.557. The third kappa shape index (κ3) is 3.94. The van der Waals surface area contributed by atoms with Gasteiger partial charge in [-0.15, -0.1) is 0 Å². The van der Waals surface area contributed by atoms with Crippen molar-refractivity contribution in [1.29, 1.82) is 0 Å². The molecule has 0 aliphatic heterocycles. The van der Waals surface area contributed by atoms with Gasteiger partial charge in [0, 0.05) is 31.4 Å². The molecule has 2 N–H and O–H groups in total. The molecule has 1 heterocycles. The third-order valence-electron chi connectivity index (χ3n) is 2.84. The second-order valence-electron chi connectivity index (χ2n) is 4.37. The Bertz CT molecular complexity index is 295. The van der Waals surface area contributed by atoms with Gasteiger partial charge in [0.05, 0.1) is 6.20 Å². The van der Waals surface area contributed by atoms with Crippen LogP contribution in [0.5, 0.6) is 0 Å². The second-order valence-corrected chi connectivity index (χ2v) is 4.37. The summed E-state index contributed by atoms with van der Waals surface area (Å²) in [5.41, 5.74) is 6.94. The van der Waals surface area contributed by atoms with Crippen LogP contribution in [0, 0.1) is 5.92 Å². The Labute approximate surface area is 98.4 Å². The maximum absolute atomic E-state index is 5.65. The van der Waals surface area contributed by atoms with Crippen molar-refractivity contribution in [1.82, 2.24) is 14.7 Å². The molecule has 16 heavy (non-hydrogen) atoms. The maximum Gasteiger partial charge on any atom is 0.0534 e. The van der Waals surface area contributed by atoms with Gasteiger partial charge in [0.15, 0.2) is 0 Å². The Balaban J connectivity index is 2.49. The number of nitrogens with zero attached hydrogens (tertiary/aromatic N) is 3. The highest BCUT2D eigenvalue weighted by Gasteiger charge is 2.09. The van der Waals surface area contributed by atoms with Gasteiger partial charge in [-0.3, -0.25) is 9.58 Å².